The fraction of sp³-hybridized carbons (Fsp3) is 0.133. The molecule has 1 fully saturated rings. The summed E-state index contributed by atoms with van der Waals surface area (Å²) in [5.74, 6) is 1.98. The van der Waals surface area contributed by atoms with Crippen molar-refractivity contribution in [2.24, 2.45) is 0 Å². The first-order chi connectivity index (χ1) is 10.2. The van der Waals surface area contributed by atoms with Crippen molar-refractivity contribution in [1.82, 2.24) is 5.32 Å². The fourth-order valence-electron chi connectivity index (χ4n) is 2.51. The van der Waals surface area contributed by atoms with E-state index in [2.05, 4.69) is 11.2 Å². The van der Waals surface area contributed by atoms with E-state index in [1.807, 2.05) is 52.7 Å². The molecule has 0 saturated carbocycles. The van der Waals surface area contributed by atoms with Crippen LogP contribution in [0.1, 0.15) is 16.8 Å². The highest BCUT2D eigenvalue weighted by Gasteiger charge is 2.46. The number of nitrogens with one attached hydrogen (secondary N) is 2. The average Bonchev–Trinajstić information content (AvgIpc) is 3.01. The Morgan fingerprint density at radius 2 is 2.05 bits per heavy atom. The summed E-state index contributed by atoms with van der Waals surface area (Å²) in [6.07, 6.45) is 3.70. The number of thiocarbonyl (C=S) groups is 1. The van der Waals surface area contributed by atoms with Gasteiger partial charge in [-0.3, -0.25) is 10.2 Å². The lowest BCUT2D eigenvalue weighted by molar-refractivity contribution is -0.711. The van der Waals surface area contributed by atoms with E-state index < -0.39 is 6.04 Å². The molecule has 6 heteroatoms. The molecule has 0 aliphatic carbocycles. The van der Waals surface area contributed by atoms with Crippen LogP contribution >= 0.6 is 23.6 Å². The van der Waals surface area contributed by atoms with Gasteiger partial charge in [0.25, 0.3) is 5.91 Å². The van der Waals surface area contributed by atoms with Crippen molar-refractivity contribution >= 4 is 40.3 Å². The maximum atomic E-state index is 12.5. The minimum absolute atomic E-state index is 0.159. The van der Waals surface area contributed by atoms with Gasteiger partial charge in [0, 0.05) is 17.0 Å². The smallest absolute Gasteiger partial charge is 0.295 e. The highest BCUT2D eigenvalue weighted by atomic mass is 32.1. The van der Waals surface area contributed by atoms with E-state index in [0.717, 1.165) is 4.88 Å². The van der Waals surface area contributed by atoms with Gasteiger partial charge in [-0.05, 0) is 17.3 Å². The van der Waals surface area contributed by atoms with Gasteiger partial charge in [0.1, 0.15) is 10.9 Å². The van der Waals surface area contributed by atoms with Crippen molar-refractivity contribution in [2.75, 3.05) is 0 Å². The lowest BCUT2D eigenvalue weighted by Crippen LogP contribution is -2.56. The van der Waals surface area contributed by atoms with Gasteiger partial charge in [-0.1, -0.05) is 24.4 Å². The number of rotatable bonds is 2. The Kier molecular flexibility index (Phi) is 3.75. The summed E-state index contributed by atoms with van der Waals surface area (Å²) in [7, 11) is 0. The standard InChI is InChI=1S/C15H11N3OS2/c16-9-10-12(11-5-4-8-21-11)13(14(19)17-15(10)20)18-6-2-1-3-7-18/h1-8,12-13,16H/p+1. The van der Waals surface area contributed by atoms with Gasteiger partial charge < -0.3 is 5.32 Å². The molecule has 0 radical (unpaired) electrons. The molecule has 1 amide bonds. The van der Waals surface area contributed by atoms with Crippen LogP contribution in [0.5, 0.6) is 0 Å². The van der Waals surface area contributed by atoms with Crippen molar-refractivity contribution in [3.8, 4) is 0 Å². The van der Waals surface area contributed by atoms with Gasteiger partial charge in [-0.2, -0.15) is 4.57 Å². The topological polar surface area (TPSA) is 56.8 Å². The maximum Gasteiger partial charge on any atom is 0.295 e. The molecule has 0 aromatic carbocycles. The molecule has 3 rings (SSSR count). The van der Waals surface area contributed by atoms with Crippen LogP contribution in [0.25, 0.3) is 0 Å². The molecule has 2 unspecified atom stereocenters. The second-order valence-corrected chi connectivity index (χ2v) is 6.01. The lowest BCUT2D eigenvalue weighted by atomic mass is 9.86. The Hall–Kier alpha value is -2.14. The third kappa shape index (κ3) is 2.45. The number of hydrogen-bond donors (Lipinski definition) is 2. The molecule has 2 aromatic heterocycles. The van der Waals surface area contributed by atoms with Crippen molar-refractivity contribution < 1.29 is 9.36 Å². The van der Waals surface area contributed by atoms with Crippen molar-refractivity contribution in [1.29, 1.82) is 5.41 Å². The Labute approximate surface area is 131 Å². The van der Waals surface area contributed by atoms with Crippen LogP contribution in [0.15, 0.2) is 53.7 Å². The number of hydrogen-bond acceptors (Lipinski definition) is 4. The summed E-state index contributed by atoms with van der Waals surface area (Å²) in [5.41, 5.74) is 0.549. The van der Waals surface area contributed by atoms with Gasteiger partial charge in [-0.25, -0.2) is 0 Å². The fourth-order valence-corrected chi connectivity index (χ4v) is 3.65. The third-order valence-corrected chi connectivity index (χ3v) is 4.70. The van der Waals surface area contributed by atoms with Gasteiger partial charge in [-0.15, -0.1) is 11.3 Å². The zero-order valence-corrected chi connectivity index (χ0v) is 12.6. The highest BCUT2D eigenvalue weighted by Crippen LogP contribution is 2.37. The predicted octanol–water partition coefficient (Wildman–Crippen LogP) is 1.99. The number of piperidine rings is 1. The molecule has 1 aliphatic heterocycles. The summed E-state index contributed by atoms with van der Waals surface area (Å²) in [6.45, 7) is 0. The van der Waals surface area contributed by atoms with E-state index >= 15 is 0 Å². The van der Waals surface area contributed by atoms with Crippen LogP contribution < -0.4 is 9.88 Å². The van der Waals surface area contributed by atoms with Crippen LogP contribution in [0.4, 0.5) is 0 Å². The first kappa shape index (κ1) is 13.8. The summed E-state index contributed by atoms with van der Waals surface area (Å²) < 4.78 is 1.85. The van der Waals surface area contributed by atoms with E-state index in [1.165, 1.54) is 0 Å². The number of nitrogens with zero attached hydrogens (tertiary/aromatic N) is 1. The predicted molar refractivity (Wildman–Crippen MR) is 84.7 cm³/mol. The van der Waals surface area contributed by atoms with E-state index in [1.54, 1.807) is 11.3 Å². The van der Waals surface area contributed by atoms with Crippen LogP contribution in [0, 0.1) is 5.41 Å². The molecule has 3 heterocycles. The zero-order valence-electron chi connectivity index (χ0n) is 10.9. The minimum atomic E-state index is -0.468. The van der Waals surface area contributed by atoms with Crippen LogP contribution in [0.3, 0.4) is 0 Å². The molecule has 2 N–H and O–H groups in total. The summed E-state index contributed by atoms with van der Waals surface area (Å²) in [4.78, 5) is 13.8. The number of carbonyl (C=O) groups excluding carboxylic acids is 1. The summed E-state index contributed by atoms with van der Waals surface area (Å²) in [6, 6.07) is 9.08. The quantitative estimate of drug-likeness (QED) is 0.385. The number of pyridine rings is 1. The van der Waals surface area contributed by atoms with Gasteiger partial charge in [0.15, 0.2) is 12.4 Å². The number of amides is 1. The van der Waals surface area contributed by atoms with Crippen molar-refractivity contribution in [3.05, 3.63) is 58.6 Å². The molecule has 1 aliphatic rings. The molecule has 21 heavy (non-hydrogen) atoms. The van der Waals surface area contributed by atoms with E-state index in [9.17, 15) is 4.79 Å². The summed E-state index contributed by atoms with van der Waals surface area (Å²) >= 11 is 6.76. The van der Waals surface area contributed by atoms with Gasteiger partial charge >= 0.3 is 0 Å². The van der Waals surface area contributed by atoms with Crippen LogP contribution in [-0.4, -0.2) is 16.8 Å². The van der Waals surface area contributed by atoms with E-state index in [-0.39, 0.29) is 11.8 Å². The molecule has 4 nitrogen and oxygen atoms in total. The van der Waals surface area contributed by atoms with Gasteiger partial charge in [0.2, 0.25) is 6.04 Å². The van der Waals surface area contributed by atoms with Gasteiger partial charge in [0.05, 0.1) is 5.57 Å². The molecular formula is C15H12N3OS2+. The van der Waals surface area contributed by atoms with Crippen LogP contribution in [-0.2, 0) is 4.79 Å². The maximum absolute atomic E-state index is 12.5. The second kappa shape index (κ2) is 5.69. The Bertz CT molecular complexity index is 734. The number of aromatic nitrogens is 1. The zero-order chi connectivity index (χ0) is 14.8. The van der Waals surface area contributed by atoms with Crippen molar-refractivity contribution in [2.45, 2.75) is 12.0 Å². The first-order valence-corrected chi connectivity index (χ1v) is 7.65. The molecule has 0 spiro atoms. The molecule has 0 bridgehead atoms. The van der Waals surface area contributed by atoms with E-state index in [0.29, 0.717) is 10.6 Å². The summed E-state index contributed by atoms with van der Waals surface area (Å²) in [5, 5.41) is 12.2. The molecule has 2 aromatic rings. The molecule has 104 valence electrons. The Morgan fingerprint density at radius 1 is 1.29 bits per heavy atom. The van der Waals surface area contributed by atoms with E-state index in [4.69, 9.17) is 17.6 Å². The Morgan fingerprint density at radius 3 is 2.67 bits per heavy atom. The van der Waals surface area contributed by atoms with Crippen molar-refractivity contribution in [3.63, 3.8) is 0 Å². The monoisotopic (exact) mass is 314 g/mol. The SMILES string of the molecule is N=C=C1C(=S)NC(=O)C([n+]2ccccc2)C1c1cccs1. The third-order valence-electron chi connectivity index (χ3n) is 3.42. The number of carbonyl (C=O) groups is 1. The normalized spacial score (nSPS) is 21.8. The molecule has 1 saturated heterocycles. The Balaban J connectivity index is 2.17. The van der Waals surface area contributed by atoms with Crippen LogP contribution in [0.2, 0.25) is 0 Å². The highest BCUT2D eigenvalue weighted by molar-refractivity contribution is 7.80. The first-order valence-electron chi connectivity index (χ1n) is 6.36. The lowest BCUT2D eigenvalue weighted by Gasteiger charge is -2.28. The molecular weight excluding hydrogens is 302 g/mol. The average molecular weight is 314 g/mol. The molecule has 2 atom stereocenters. The second-order valence-electron chi connectivity index (χ2n) is 4.62. The minimum Gasteiger partial charge on any atom is -0.310 e. The number of thiophene rings is 1. The largest absolute Gasteiger partial charge is 0.310 e.